The maximum Gasteiger partial charge on any atom is 0.123 e. The summed E-state index contributed by atoms with van der Waals surface area (Å²) in [5, 5.41) is 19.7. The van der Waals surface area contributed by atoms with Gasteiger partial charge in [-0.15, -0.1) is 0 Å². The van der Waals surface area contributed by atoms with Crippen molar-refractivity contribution >= 4 is 0 Å². The second-order valence-corrected chi connectivity index (χ2v) is 5.78. The summed E-state index contributed by atoms with van der Waals surface area (Å²) in [6.45, 7) is 3.51. The molecule has 4 heteroatoms. The highest BCUT2D eigenvalue weighted by Gasteiger charge is 2.15. The van der Waals surface area contributed by atoms with Gasteiger partial charge >= 0.3 is 0 Å². The van der Waals surface area contributed by atoms with Gasteiger partial charge in [-0.3, -0.25) is 4.90 Å². The molecule has 1 atom stereocenters. The minimum Gasteiger partial charge on any atom is -0.395 e. The minimum atomic E-state index is -0.696. The van der Waals surface area contributed by atoms with Gasteiger partial charge in [0.2, 0.25) is 0 Å². The summed E-state index contributed by atoms with van der Waals surface area (Å²) >= 11 is 0. The monoisotopic (exact) mass is 317 g/mol. The Morgan fingerprint density at radius 3 is 2.48 bits per heavy atom. The fraction of sp³-hybridized carbons (Fsp3) is 0.368. The zero-order valence-corrected chi connectivity index (χ0v) is 13.5. The third-order valence-corrected chi connectivity index (χ3v) is 4.00. The molecule has 0 spiro atoms. The van der Waals surface area contributed by atoms with Crippen LogP contribution in [-0.4, -0.2) is 41.4 Å². The van der Waals surface area contributed by atoms with Crippen LogP contribution in [0.25, 0.3) is 0 Å². The molecule has 1 unspecified atom stereocenters. The van der Waals surface area contributed by atoms with Crippen LogP contribution in [0.2, 0.25) is 0 Å². The first-order chi connectivity index (χ1) is 11.1. The van der Waals surface area contributed by atoms with E-state index in [4.69, 9.17) is 0 Å². The van der Waals surface area contributed by atoms with E-state index >= 15 is 0 Å². The van der Waals surface area contributed by atoms with E-state index in [0.29, 0.717) is 13.1 Å². The lowest BCUT2D eigenvalue weighted by molar-refractivity contribution is 0.1000. The molecule has 0 bridgehead atoms. The molecule has 0 aliphatic carbocycles. The molecular weight excluding hydrogens is 293 g/mol. The predicted molar refractivity (Wildman–Crippen MR) is 89.8 cm³/mol. The molecule has 0 amide bonds. The Labute approximate surface area is 137 Å². The summed E-state index contributed by atoms with van der Waals surface area (Å²) in [5.74, 6) is -0.297. The quantitative estimate of drug-likeness (QED) is 0.787. The van der Waals surface area contributed by atoms with Gasteiger partial charge in [0.25, 0.3) is 0 Å². The van der Waals surface area contributed by atoms with Crippen molar-refractivity contribution in [3.05, 3.63) is 71.0 Å². The predicted octanol–water partition coefficient (Wildman–Crippen LogP) is 2.70. The first-order valence-electron chi connectivity index (χ1n) is 7.91. The van der Waals surface area contributed by atoms with Gasteiger partial charge in [0.05, 0.1) is 12.7 Å². The van der Waals surface area contributed by atoms with Gasteiger partial charge < -0.3 is 10.2 Å². The number of halogens is 1. The van der Waals surface area contributed by atoms with Crippen molar-refractivity contribution < 1.29 is 14.6 Å². The van der Waals surface area contributed by atoms with Crippen molar-refractivity contribution in [3.8, 4) is 0 Å². The molecule has 0 heterocycles. The standard InChI is InChI=1S/C19H24FNO2/c1-15-13-17(20)7-8-18(15)19(23)14-21(11-12-22)10-9-16-5-3-2-4-6-16/h2-8,13,19,22-23H,9-12,14H2,1H3. The largest absolute Gasteiger partial charge is 0.395 e. The van der Waals surface area contributed by atoms with Crippen LogP contribution < -0.4 is 0 Å². The van der Waals surface area contributed by atoms with E-state index in [1.807, 2.05) is 23.1 Å². The SMILES string of the molecule is Cc1cc(F)ccc1C(O)CN(CCO)CCc1ccccc1. The Bertz CT molecular complexity index is 604. The number of hydrogen-bond acceptors (Lipinski definition) is 3. The van der Waals surface area contributed by atoms with E-state index in [0.717, 1.165) is 24.1 Å². The highest BCUT2D eigenvalue weighted by molar-refractivity contribution is 5.28. The average molecular weight is 317 g/mol. The number of aliphatic hydroxyl groups is 2. The number of benzene rings is 2. The van der Waals surface area contributed by atoms with E-state index < -0.39 is 6.10 Å². The van der Waals surface area contributed by atoms with E-state index in [9.17, 15) is 14.6 Å². The number of aryl methyl sites for hydroxylation is 1. The van der Waals surface area contributed by atoms with E-state index in [1.54, 1.807) is 13.0 Å². The first-order valence-corrected chi connectivity index (χ1v) is 7.91. The van der Waals surface area contributed by atoms with Crippen molar-refractivity contribution in [2.45, 2.75) is 19.4 Å². The molecule has 3 nitrogen and oxygen atoms in total. The van der Waals surface area contributed by atoms with Crippen molar-refractivity contribution in [2.24, 2.45) is 0 Å². The summed E-state index contributed by atoms with van der Waals surface area (Å²) in [7, 11) is 0. The third-order valence-electron chi connectivity index (χ3n) is 4.00. The Kier molecular flexibility index (Phi) is 6.71. The van der Waals surface area contributed by atoms with Crippen LogP contribution in [0.5, 0.6) is 0 Å². The average Bonchev–Trinajstić information content (AvgIpc) is 2.53. The zero-order chi connectivity index (χ0) is 16.7. The summed E-state index contributed by atoms with van der Waals surface area (Å²) in [4.78, 5) is 2.03. The number of aliphatic hydroxyl groups excluding tert-OH is 2. The normalized spacial score (nSPS) is 12.6. The Morgan fingerprint density at radius 2 is 1.83 bits per heavy atom. The van der Waals surface area contributed by atoms with Crippen LogP contribution in [0.1, 0.15) is 22.8 Å². The van der Waals surface area contributed by atoms with Gasteiger partial charge in [-0.1, -0.05) is 36.4 Å². The fourth-order valence-electron chi connectivity index (χ4n) is 2.72. The molecule has 2 aromatic rings. The first kappa shape index (κ1) is 17.6. The Hall–Kier alpha value is -1.75. The van der Waals surface area contributed by atoms with Gasteiger partial charge in [-0.2, -0.15) is 0 Å². The summed E-state index contributed by atoms with van der Waals surface area (Å²) in [6.07, 6.45) is 0.161. The summed E-state index contributed by atoms with van der Waals surface area (Å²) in [5.41, 5.74) is 2.70. The van der Waals surface area contributed by atoms with Crippen LogP contribution in [0, 0.1) is 12.7 Å². The van der Waals surface area contributed by atoms with E-state index in [2.05, 4.69) is 12.1 Å². The van der Waals surface area contributed by atoms with Gasteiger partial charge in [0, 0.05) is 19.6 Å². The van der Waals surface area contributed by atoms with Crippen molar-refractivity contribution in [2.75, 3.05) is 26.2 Å². The smallest absolute Gasteiger partial charge is 0.123 e. The summed E-state index contributed by atoms with van der Waals surface area (Å²) in [6, 6.07) is 14.5. The van der Waals surface area contributed by atoms with Crippen molar-refractivity contribution in [1.82, 2.24) is 4.90 Å². The lowest BCUT2D eigenvalue weighted by Crippen LogP contribution is -2.33. The Balaban J connectivity index is 1.97. The molecule has 2 rings (SSSR count). The second kappa shape index (κ2) is 8.77. The van der Waals surface area contributed by atoms with E-state index in [1.165, 1.54) is 17.7 Å². The van der Waals surface area contributed by atoms with Crippen LogP contribution in [0.4, 0.5) is 4.39 Å². The van der Waals surface area contributed by atoms with Crippen LogP contribution >= 0.6 is 0 Å². The molecular formula is C19H24FNO2. The van der Waals surface area contributed by atoms with Gasteiger partial charge in [0.15, 0.2) is 0 Å². The van der Waals surface area contributed by atoms with Crippen LogP contribution in [0.15, 0.2) is 48.5 Å². The van der Waals surface area contributed by atoms with Crippen molar-refractivity contribution in [1.29, 1.82) is 0 Å². The fourth-order valence-corrected chi connectivity index (χ4v) is 2.72. The van der Waals surface area contributed by atoms with Gasteiger partial charge in [-0.25, -0.2) is 4.39 Å². The molecule has 0 aromatic heterocycles. The van der Waals surface area contributed by atoms with Crippen LogP contribution in [0.3, 0.4) is 0 Å². The molecule has 0 radical (unpaired) electrons. The summed E-state index contributed by atoms with van der Waals surface area (Å²) < 4.78 is 13.2. The van der Waals surface area contributed by atoms with E-state index in [-0.39, 0.29) is 12.4 Å². The topological polar surface area (TPSA) is 43.7 Å². The number of hydrogen-bond donors (Lipinski definition) is 2. The maximum absolute atomic E-state index is 13.2. The molecule has 0 aliphatic heterocycles. The lowest BCUT2D eigenvalue weighted by Gasteiger charge is -2.25. The molecule has 23 heavy (non-hydrogen) atoms. The molecule has 2 N–H and O–H groups in total. The molecule has 0 aliphatic rings. The minimum absolute atomic E-state index is 0.0455. The van der Waals surface area contributed by atoms with Crippen molar-refractivity contribution in [3.63, 3.8) is 0 Å². The molecule has 2 aromatic carbocycles. The molecule has 0 saturated carbocycles. The highest BCUT2D eigenvalue weighted by atomic mass is 19.1. The lowest BCUT2D eigenvalue weighted by atomic mass is 10.0. The number of nitrogens with zero attached hydrogens (tertiary/aromatic N) is 1. The third kappa shape index (κ3) is 5.43. The van der Waals surface area contributed by atoms with Gasteiger partial charge in [0.1, 0.15) is 5.82 Å². The Morgan fingerprint density at radius 1 is 1.09 bits per heavy atom. The van der Waals surface area contributed by atoms with Crippen LogP contribution in [-0.2, 0) is 6.42 Å². The second-order valence-electron chi connectivity index (χ2n) is 5.78. The number of rotatable bonds is 8. The maximum atomic E-state index is 13.2. The molecule has 0 saturated heterocycles. The zero-order valence-electron chi connectivity index (χ0n) is 13.5. The highest BCUT2D eigenvalue weighted by Crippen LogP contribution is 2.20. The molecule has 0 fully saturated rings. The molecule has 124 valence electrons. The van der Waals surface area contributed by atoms with Gasteiger partial charge in [-0.05, 0) is 42.2 Å².